The highest BCUT2D eigenvalue weighted by atomic mass is 15.1. The van der Waals surface area contributed by atoms with Gasteiger partial charge in [0, 0.05) is 22.0 Å². The predicted octanol–water partition coefficient (Wildman–Crippen LogP) is 10.6. The summed E-state index contributed by atoms with van der Waals surface area (Å²) in [4.78, 5) is 5.41. The molecule has 0 saturated carbocycles. The molecule has 3 nitrogen and oxygen atoms in total. The van der Waals surface area contributed by atoms with E-state index < -0.39 is 5.41 Å². The molecule has 47 heavy (non-hydrogen) atoms. The third-order valence-electron chi connectivity index (χ3n) is 10.3. The van der Waals surface area contributed by atoms with Crippen molar-refractivity contribution in [2.45, 2.75) is 5.41 Å². The van der Waals surface area contributed by atoms with E-state index >= 15 is 0 Å². The van der Waals surface area contributed by atoms with Crippen molar-refractivity contribution in [1.82, 2.24) is 14.1 Å². The van der Waals surface area contributed by atoms with Gasteiger partial charge in [-0.1, -0.05) is 122 Å². The average Bonchev–Trinajstić information content (AvgIpc) is 3.84. The molecule has 10 rings (SSSR count). The van der Waals surface area contributed by atoms with Gasteiger partial charge in [0.1, 0.15) is 11.2 Å². The van der Waals surface area contributed by atoms with E-state index in [9.17, 15) is 0 Å². The first-order valence-electron chi connectivity index (χ1n) is 16.1. The van der Waals surface area contributed by atoms with Gasteiger partial charge in [0.05, 0.1) is 27.8 Å². The highest BCUT2D eigenvalue weighted by Gasteiger charge is 2.54. The van der Waals surface area contributed by atoms with Crippen LogP contribution in [0.2, 0.25) is 0 Å². The van der Waals surface area contributed by atoms with Crippen LogP contribution in [-0.2, 0) is 5.41 Å². The fourth-order valence-electron chi connectivity index (χ4n) is 8.49. The van der Waals surface area contributed by atoms with Gasteiger partial charge in [0.2, 0.25) is 0 Å². The van der Waals surface area contributed by atoms with Crippen LogP contribution in [-0.4, -0.2) is 14.1 Å². The summed E-state index contributed by atoms with van der Waals surface area (Å²) in [7, 11) is 0. The summed E-state index contributed by atoms with van der Waals surface area (Å²) in [5, 5.41) is 2.47. The number of rotatable bonds is 4. The van der Waals surface area contributed by atoms with Crippen molar-refractivity contribution >= 4 is 38.4 Å². The number of hydrogen-bond donors (Lipinski definition) is 0. The minimum absolute atomic E-state index is 0.611. The van der Waals surface area contributed by atoms with Crippen LogP contribution >= 0.6 is 0 Å². The molecule has 0 amide bonds. The van der Waals surface area contributed by atoms with Crippen molar-refractivity contribution in [2.24, 2.45) is 0 Å². The van der Waals surface area contributed by atoms with E-state index in [0.717, 1.165) is 33.7 Å². The van der Waals surface area contributed by atoms with Crippen LogP contribution in [0.5, 0.6) is 0 Å². The summed E-state index contributed by atoms with van der Waals surface area (Å²) in [5.74, 6) is 1.00. The molecular weight excluding hydrogens is 571 g/mol. The Morgan fingerprint density at radius 1 is 0.553 bits per heavy atom. The Hall–Kier alpha value is -6.19. The van der Waals surface area contributed by atoms with Gasteiger partial charge in [-0.2, -0.15) is 0 Å². The zero-order valence-electron chi connectivity index (χ0n) is 25.7. The highest BCUT2D eigenvalue weighted by molar-refractivity contribution is 6.11. The third kappa shape index (κ3) is 3.18. The van der Waals surface area contributed by atoms with Crippen LogP contribution in [0.1, 0.15) is 22.5 Å². The number of nitrogens with zero attached hydrogens (tertiary/aromatic N) is 3. The molecule has 0 N–H and O–H groups in total. The second kappa shape index (κ2) is 9.41. The zero-order valence-corrected chi connectivity index (χ0v) is 25.7. The summed E-state index contributed by atoms with van der Waals surface area (Å²) in [6, 6.07) is 50.2. The smallest absolute Gasteiger partial charge is 0.134 e. The third-order valence-corrected chi connectivity index (χ3v) is 10.3. The Bertz CT molecular complexity index is 2670. The summed E-state index contributed by atoms with van der Waals surface area (Å²) < 4.78 is 4.78. The van der Waals surface area contributed by atoms with Crippen molar-refractivity contribution in [1.29, 1.82) is 0 Å². The Morgan fingerprint density at radius 3 is 2.11 bits per heavy atom. The normalized spacial score (nSPS) is 16.3. The molecule has 2 aromatic heterocycles. The topological polar surface area (TPSA) is 22.8 Å². The van der Waals surface area contributed by atoms with Crippen molar-refractivity contribution in [3.63, 3.8) is 0 Å². The molecule has 1 atom stereocenters. The minimum Gasteiger partial charge on any atom is -0.309 e. The van der Waals surface area contributed by atoms with E-state index in [1.165, 1.54) is 55.3 Å². The van der Waals surface area contributed by atoms with Gasteiger partial charge in [-0.3, -0.25) is 4.57 Å². The van der Waals surface area contributed by atoms with E-state index in [1.54, 1.807) is 0 Å². The maximum atomic E-state index is 5.41. The minimum atomic E-state index is -0.611. The van der Waals surface area contributed by atoms with E-state index in [2.05, 4.69) is 162 Å². The van der Waals surface area contributed by atoms with Crippen LogP contribution in [0.25, 0.3) is 60.9 Å². The van der Waals surface area contributed by atoms with E-state index in [4.69, 9.17) is 4.98 Å². The van der Waals surface area contributed by atoms with Crippen molar-refractivity contribution < 1.29 is 0 Å². The number of allylic oxidation sites excluding steroid dienone is 4. The molecule has 6 aromatic carbocycles. The van der Waals surface area contributed by atoms with Crippen molar-refractivity contribution in [2.75, 3.05) is 0 Å². The number of imidazole rings is 1. The van der Waals surface area contributed by atoms with Crippen molar-refractivity contribution in [3.8, 4) is 22.5 Å². The molecule has 2 aliphatic rings. The lowest BCUT2D eigenvalue weighted by molar-refractivity contribution is 0.732. The van der Waals surface area contributed by atoms with E-state index in [0.29, 0.717) is 0 Å². The molecular formula is C44H29N3. The van der Waals surface area contributed by atoms with Gasteiger partial charge >= 0.3 is 0 Å². The second-order valence-corrected chi connectivity index (χ2v) is 12.4. The summed E-state index contributed by atoms with van der Waals surface area (Å²) in [5.41, 5.74) is 14.4. The number of para-hydroxylation sites is 5. The van der Waals surface area contributed by atoms with Gasteiger partial charge in [-0.25, -0.2) is 4.98 Å². The SMILES string of the molecule is C=CC1=C(C=C)C2(c3ccccc31)c1cccc(-c3ccc4c(c3)c3ccccc3n4-c3ccccc3)c1-n1c2nc2ccccc21. The molecule has 1 spiro atoms. The molecule has 0 fully saturated rings. The van der Waals surface area contributed by atoms with Gasteiger partial charge in [-0.15, -0.1) is 0 Å². The maximum absolute atomic E-state index is 5.41. The Labute approximate surface area is 272 Å². The first-order valence-corrected chi connectivity index (χ1v) is 16.1. The summed E-state index contributed by atoms with van der Waals surface area (Å²) >= 11 is 0. The first kappa shape index (κ1) is 26.1. The molecule has 0 radical (unpaired) electrons. The first-order chi connectivity index (χ1) is 23.3. The zero-order chi connectivity index (χ0) is 31.3. The molecule has 1 aliphatic carbocycles. The fourth-order valence-corrected chi connectivity index (χ4v) is 8.49. The van der Waals surface area contributed by atoms with Gasteiger partial charge < -0.3 is 4.57 Å². The summed E-state index contributed by atoms with van der Waals surface area (Å²) in [6.45, 7) is 8.63. The van der Waals surface area contributed by atoms with Crippen LogP contribution in [0.4, 0.5) is 0 Å². The Kier molecular flexibility index (Phi) is 5.22. The quantitative estimate of drug-likeness (QED) is 0.197. The van der Waals surface area contributed by atoms with Gasteiger partial charge in [-0.05, 0) is 75.9 Å². The second-order valence-electron chi connectivity index (χ2n) is 12.4. The van der Waals surface area contributed by atoms with E-state index in [-0.39, 0.29) is 0 Å². The highest BCUT2D eigenvalue weighted by Crippen LogP contribution is 2.61. The predicted molar refractivity (Wildman–Crippen MR) is 194 cm³/mol. The van der Waals surface area contributed by atoms with Crippen LogP contribution in [0.15, 0.2) is 170 Å². The number of aromatic nitrogens is 3. The molecule has 3 heterocycles. The lowest BCUT2D eigenvalue weighted by Gasteiger charge is -2.28. The van der Waals surface area contributed by atoms with E-state index in [1.807, 2.05) is 12.2 Å². The van der Waals surface area contributed by atoms with Crippen molar-refractivity contribution in [3.05, 3.63) is 193 Å². The lowest BCUT2D eigenvalue weighted by Crippen LogP contribution is -2.28. The van der Waals surface area contributed by atoms with Gasteiger partial charge in [0.15, 0.2) is 0 Å². The number of hydrogen-bond acceptors (Lipinski definition) is 1. The molecule has 1 aliphatic heterocycles. The fraction of sp³-hybridized carbons (Fsp3) is 0.0227. The van der Waals surface area contributed by atoms with Gasteiger partial charge in [0.25, 0.3) is 0 Å². The molecule has 8 aromatic rings. The Morgan fingerprint density at radius 2 is 1.26 bits per heavy atom. The van der Waals surface area contributed by atoms with Crippen LogP contribution in [0, 0.1) is 0 Å². The van der Waals surface area contributed by atoms with Crippen LogP contribution < -0.4 is 0 Å². The average molecular weight is 600 g/mol. The maximum Gasteiger partial charge on any atom is 0.134 e. The lowest BCUT2D eigenvalue weighted by atomic mass is 9.71. The molecule has 0 saturated heterocycles. The molecule has 0 bridgehead atoms. The number of fused-ring (bicyclic) bond motifs is 12. The molecule has 220 valence electrons. The standard InChI is InChI=1S/C44H29N3/c1-3-30-32-17-8-10-20-36(32)44(35(30)4-2)37-21-14-19-31(42(37)47-41-24-13-11-22-38(41)45-43(44)47)28-25-26-40-34(27-28)33-18-9-12-23-39(33)46(40)29-15-6-5-7-16-29/h3-27H,1-2H2. The van der Waals surface area contributed by atoms with Crippen LogP contribution in [0.3, 0.4) is 0 Å². The largest absolute Gasteiger partial charge is 0.309 e. The monoisotopic (exact) mass is 599 g/mol. The molecule has 3 heteroatoms. The Balaban J connectivity index is 1.32. The number of benzene rings is 6. The summed E-state index contributed by atoms with van der Waals surface area (Å²) in [6.07, 6.45) is 4.00. The molecule has 1 unspecified atom stereocenters.